The van der Waals surface area contributed by atoms with Crippen LogP contribution in [0.2, 0.25) is 0 Å². The first-order chi connectivity index (χ1) is 10.6. The van der Waals surface area contributed by atoms with E-state index in [2.05, 4.69) is 0 Å². The van der Waals surface area contributed by atoms with Gasteiger partial charge in [-0.2, -0.15) is 0 Å². The van der Waals surface area contributed by atoms with Crippen LogP contribution in [-0.4, -0.2) is 29.5 Å². The molecule has 2 N–H and O–H groups in total. The molecule has 3 rings (SSSR count). The highest BCUT2D eigenvalue weighted by Crippen LogP contribution is 2.37. The van der Waals surface area contributed by atoms with Crippen molar-refractivity contribution >= 4 is 5.69 Å². The van der Waals surface area contributed by atoms with Gasteiger partial charge in [0, 0.05) is 12.2 Å². The maximum absolute atomic E-state index is 13.6. The van der Waals surface area contributed by atoms with Gasteiger partial charge in [-0.05, 0) is 35.7 Å². The molecule has 5 heteroatoms. The largest absolute Gasteiger partial charge is 0.394 e. The SMILES string of the molecule is OC[C@@H](O)[C@H](c1ccc(F)c(F)c1)N1CCc2ccccc21. The van der Waals surface area contributed by atoms with Crippen LogP contribution in [0.25, 0.3) is 0 Å². The molecule has 2 atom stereocenters. The number of nitrogens with zero attached hydrogens (tertiary/aromatic N) is 1. The minimum absolute atomic E-state index is 0.442. The molecule has 0 spiro atoms. The van der Waals surface area contributed by atoms with Crippen molar-refractivity contribution in [3.63, 3.8) is 0 Å². The van der Waals surface area contributed by atoms with E-state index in [1.165, 1.54) is 6.07 Å². The van der Waals surface area contributed by atoms with Crippen molar-refractivity contribution in [3.05, 3.63) is 65.2 Å². The van der Waals surface area contributed by atoms with E-state index in [0.717, 1.165) is 29.8 Å². The number of para-hydroxylation sites is 1. The molecule has 0 unspecified atom stereocenters. The zero-order valence-electron chi connectivity index (χ0n) is 11.9. The minimum Gasteiger partial charge on any atom is -0.394 e. The molecule has 0 fully saturated rings. The molecule has 2 aromatic rings. The highest BCUT2D eigenvalue weighted by atomic mass is 19.2. The summed E-state index contributed by atoms with van der Waals surface area (Å²) in [7, 11) is 0. The van der Waals surface area contributed by atoms with Crippen molar-refractivity contribution in [1.82, 2.24) is 0 Å². The summed E-state index contributed by atoms with van der Waals surface area (Å²) in [6.07, 6.45) is -0.273. The number of fused-ring (bicyclic) bond motifs is 1. The molecule has 0 aliphatic carbocycles. The van der Waals surface area contributed by atoms with Gasteiger partial charge >= 0.3 is 0 Å². The molecule has 0 saturated carbocycles. The first-order valence-electron chi connectivity index (χ1n) is 7.20. The molecule has 0 saturated heterocycles. The van der Waals surface area contributed by atoms with Gasteiger partial charge in [0.15, 0.2) is 11.6 Å². The first kappa shape index (κ1) is 14.9. The van der Waals surface area contributed by atoms with Gasteiger partial charge < -0.3 is 15.1 Å². The number of aliphatic hydroxyl groups is 2. The molecule has 116 valence electrons. The Hall–Kier alpha value is -1.98. The third-order valence-corrected chi connectivity index (χ3v) is 4.10. The average molecular weight is 305 g/mol. The van der Waals surface area contributed by atoms with Crippen molar-refractivity contribution < 1.29 is 19.0 Å². The van der Waals surface area contributed by atoms with Crippen molar-refractivity contribution in [2.75, 3.05) is 18.1 Å². The Morgan fingerprint density at radius 1 is 1.09 bits per heavy atom. The molecular weight excluding hydrogens is 288 g/mol. The lowest BCUT2D eigenvalue weighted by Gasteiger charge is -2.33. The predicted molar refractivity (Wildman–Crippen MR) is 79.7 cm³/mol. The molecule has 3 nitrogen and oxygen atoms in total. The molecule has 1 aliphatic heterocycles. The van der Waals surface area contributed by atoms with E-state index >= 15 is 0 Å². The number of anilines is 1. The predicted octanol–water partition coefficient (Wildman–Crippen LogP) is 2.42. The lowest BCUT2D eigenvalue weighted by molar-refractivity contribution is 0.0716. The third kappa shape index (κ3) is 2.58. The van der Waals surface area contributed by atoms with Crippen LogP contribution in [0, 0.1) is 11.6 Å². The lowest BCUT2D eigenvalue weighted by Crippen LogP contribution is -2.37. The topological polar surface area (TPSA) is 43.7 Å². The van der Waals surface area contributed by atoms with Crippen LogP contribution in [0.4, 0.5) is 14.5 Å². The summed E-state index contributed by atoms with van der Waals surface area (Å²) in [6, 6.07) is 10.7. The van der Waals surface area contributed by atoms with E-state index in [9.17, 15) is 19.0 Å². The average Bonchev–Trinajstić information content (AvgIpc) is 2.95. The molecule has 0 aromatic heterocycles. The van der Waals surface area contributed by atoms with Gasteiger partial charge in [-0.1, -0.05) is 24.3 Å². The van der Waals surface area contributed by atoms with Gasteiger partial charge in [0.25, 0.3) is 0 Å². The number of aliphatic hydroxyl groups excluding tert-OH is 2. The molecule has 0 bridgehead atoms. The number of benzene rings is 2. The van der Waals surface area contributed by atoms with E-state index in [1.54, 1.807) is 0 Å². The van der Waals surface area contributed by atoms with Crippen molar-refractivity contribution in [3.8, 4) is 0 Å². The summed E-state index contributed by atoms with van der Waals surface area (Å²) in [4.78, 5) is 1.93. The van der Waals surface area contributed by atoms with Crippen LogP contribution in [-0.2, 0) is 6.42 Å². The summed E-state index contributed by atoms with van der Waals surface area (Å²) in [5.74, 6) is -1.89. The molecule has 2 aromatic carbocycles. The van der Waals surface area contributed by atoms with Crippen molar-refractivity contribution in [2.24, 2.45) is 0 Å². The first-order valence-corrected chi connectivity index (χ1v) is 7.20. The smallest absolute Gasteiger partial charge is 0.159 e. The highest BCUT2D eigenvalue weighted by Gasteiger charge is 2.32. The molecule has 1 heterocycles. The zero-order valence-corrected chi connectivity index (χ0v) is 11.9. The normalized spacial score (nSPS) is 16.5. The summed E-state index contributed by atoms with van der Waals surface area (Å²) >= 11 is 0. The molecule has 22 heavy (non-hydrogen) atoms. The van der Waals surface area contributed by atoms with Gasteiger partial charge in [0.2, 0.25) is 0 Å². The summed E-state index contributed by atoms with van der Waals surface area (Å²) in [5, 5.41) is 19.6. The second kappa shape index (κ2) is 6.02. The Balaban J connectivity index is 2.03. The number of hydrogen-bond donors (Lipinski definition) is 2. The van der Waals surface area contributed by atoms with Crippen molar-refractivity contribution in [2.45, 2.75) is 18.6 Å². The van der Waals surface area contributed by atoms with E-state index in [4.69, 9.17) is 0 Å². The fraction of sp³-hybridized carbons (Fsp3) is 0.294. The second-order valence-electron chi connectivity index (χ2n) is 5.44. The summed E-state index contributed by atoms with van der Waals surface area (Å²) < 4.78 is 26.7. The number of halogens is 2. The molecular formula is C17H17F2NO2. The Morgan fingerprint density at radius 3 is 2.59 bits per heavy atom. The quantitative estimate of drug-likeness (QED) is 0.912. The van der Waals surface area contributed by atoms with E-state index in [0.29, 0.717) is 12.1 Å². The van der Waals surface area contributed by atoms with Crippen molar-refractivity contribution in [1.29, 1.82) is 0 Å². The Labute approximate surface area is 127 Å². The molecule has 0 amide bonds. The summed E-state index contributed by atoms with van der Waals surface area (Å²) in [6.45, 7) is 0.197. The Bertz CT molecular complexity index is 677. The monoisotopic (exact) mass is 305 g/mol. The van der Waals surface area contributed by atoms with Crippen LogP contribution in [0.5, 0.6) is 0 Å². The van der Waals surface area contributed by atoms with Gasteiger partial charge in [-0.25, -0.2) is 8.78 Å². The van der Waals surface area contributed by atoms with Crippen LogP contribution in [0.1, 0.15) is 17.2 Å². The minimum atomic E-state index is -1.09. The van der Waals surface area contributed by atoms with E-state index < -0.39 is 30.4 Å². The number of hydrogen-bond acceptors (Lipinski definition) is 3. The van der Waals surface area contributed by atoms with Crippen LogP contribution < -0.4 is 4.90 Å². The fourth-order valence-electron chi connectivity index (χ4n) is 3.06. The third-order valence-electron chi connectivity index (χ3n) is 4.10. The maximum Gasteiger partial charge on any atom is 0.159 e. The van der Waals surface area contributed by atoms with Gasteiger partial charge in [-0.15, -0.1) is 0 Å². The molecule has 1 aliphatic rings. The lowest BCUT2D eigenvalue weighted by atomic mass is 9.99. The van der Waals surface area contributed by atoms with Gasteiger partial charge in [0.05, 0.1) is 12.6 Å². The van der Waals surface area contributed by atoms with E-state index in [-0.39, 0.29) is 0 Å². The maximum atomic E-state index is 13.6. The summed E-state index contributed by atoms with van der Waals surface area (Å²) in [5.41, 5.74) is 2.53. The highest BCUT2D eigenvalue weighted by molar-refractivity contribution is 5.59. The van der Waals surface area contributed by atoms with Gasteiger partial charge in [0.1, 0.15) is 6.10 Å². The Morgan fingerprint density at radius 2 is 1.86 bits per heavy atom. The van der Waals surface area contributed by atoms with Crippen LogP contribution in [0.3, 0.4) is 0 Å². The fourth-order valence-corrected chi connectivity index (χ4v) is 3.06. The molecule has 0 radical (unpaired) electrons. The number of rotatable bonds is 4. The Kier molecular flexibility index (Phi) is 4.09. The second-order valence-corrected chi connectivity index (χ2v) is 5.44. The standard InChI is InChI=1S/C17H17F2NO2/c18-13-6-5-12(9-14(13)19)17(16(22)10-21)20-8-7-11-3-1-2-4-15(11)20/h1-6,9,16-17,21-22H,7-8,10H2/t16-,17+/m1/s1. The van der Waals surface area contributed by atoms with Crippen LogP contribution >= 0.6 is 0 Å². The zero-order chi connectivity index (χ0) is 15.7. The van der Waals surface area contributed by atoms with Crippen LogP contribution in [0.15, 0.2) is 42.5 Å². The van der Waals surface area contributed by atoms with E-state index in [1.807, 2.05) is 29.2 Å². The van der Waals surface area contributed by atoms with Gasteiger partial charge in [-0.3, -0.25) is 0 Å².